The van der Waals surface area contributed by atoms with Crippen LogP contribution in [-0.2, 0) is 6.54 Å². The van der Waals surface area contributed by atoms with Crippen molar-refractivity contribution >= 4 is 33.2 Å². The highest BCUT2D eigenvalue weighted by Gasteiger charge is 2.22. The average molecular weight is 338 g/mol. The Morgan fingerprint density at radius 3 is 2.68 bits per heavy atom. The summed E-state index contributed by atoms with van der Waals surface area (Å²) in [6.45, 7) is 0.753. The Morgan fingerprint density at radius 2 is 2.00 bits per heavy atom. The Morgan fingerprint density at radius 1 is 1.26 bits per heavy atom. The summed E-state index contributed by atoms with van der Waals surface area (Å²) < 4.78 is 0.920. The number of nitrogens with one attached hydrogen (secondary N) is 1. The first-order chi connectivity index (χ1) is 9.22. The number of hydrogen-bond donors (Lipinski definition) is 1. The van der Waals surface area contributed by atoms with Crippen LogP contribution in [0.15, 0.2) is 41.0 Å². The Labute approximate surface area is 126 Å². The van der Waals surface area contributed by atoms with Crippen molar-refractivity contribution in [2.24, 2.45) is 0 Å². The third-order valence-electron chi connectivity index (χ3n) is 3.32. The van der Waals surface area contributed by atoms with E-state index in [-0.39, 0.29) is 0 Å². The van der Waals surface area contributed by atoms with Crippen LogP contribution in [-0.4, -0.2) is 4.98 Å². The van der Waals surface area contributed by atoms with Gasteiger partial charge in [-0.25, -0.2) is 4.98 Å². The van der Waals surface area contributed by atoms with Crippen LogP contribution in [0, 0.1) is 0 Å². The van der Waals surface area contributed by atoms with E-state index < -0.39 is 0 Å². The van der Waals surface area contributed by atoms with Crippen LogP contribution in [0.5, 0.6) is 0 Å². The third-order valence-corrected chi connectivity index (χ3v) is 4.05. The summed E-state index contributed by atoms with van der Waals surface area (Å²) in [6, 6.07) is 10.8. The molecule has 0 radical (unpaired) electrons. The third kappa shape index (κ3) is 3.28. The van der Waals surface area contributed by atoms with Gasteiger partial charge in [0.25, 0.3) is 0 Å². The van der Waals surface area contributed by atoms with E-state index in [1.165, 1.54) is 24.0 Å². The van der Waals surface area contributed by atoms with Crippen molar-refractivity contribution in [3.05, 3.63) is 57.3 Å². The van der Waals surface area contributed by atoms with E-state index in [0.29, 0.717) is 5.15 Å². The van der Waals surface area contributed by atoms with E-state index in [0.717, 1.165) is 22.6 Å². The Kier molecular flexibility index (Phi) is 3.76. The number of halogens is 2. The summed E-state index contributed by atoms with van der Waals surface area (Å²) >= 11 is 9.44. The molecule has 3 rings (SSSR count). The van der Waals surface area contributed by atoms with Gasteiger partial charge in [0, 0.05) is 17.2 Å². The number of hydrogen-bond acceptors (Lipinski definition) is 2. The van der Waals surface area contributed by atoms with E-state index in [1.54, 1.807) is 6.20 Å². The molecule has 1 aromatic heterocycles. The van der Waals surface area contributed by atoms with Crippen molar-refractivity contribution in [1.29, 1.82) is 0 Å². The maximum atomic E-state index is 6.04. The van der Waals surface area contributed by atoms with E-state index in [9.17, 15) is 0 Å². The van der Waals surface area contributed by atoms with Crippen molar-refractivity contribution in [3.63, 3.8) is 0 Å². The van der Waals surface area contributed by atoms with Crippen LogP contribution in [0.3, 0.4) is 0 Å². The second kappa shape index (κ2) is 5.51. The summed E-state index contributed by atoms with van der Waals surface area (Å²) in [5, 5.41) is 3.81. The van der Waals surface area contributed by atoms with Crippen LogP contribution in [0.2, 0.25) is 5.15 Å². The van der Waals surface area contributed by atoms with Gasteiger partial charge in [0.2, 0.25) is 0 Å². The topological polar surface area (TPSA) is 24.9 Å². The van der Waals surface area contributed by atoms with Gasteiger partial charge in [-0.05, 0) is 51.9 Å². The molecule has 0 saturated heterocycles. The SMILES string of the molecule is Clc1ncc(Br)cc1NCc1ccc(C2CC2)cc1. The maximum Gasteiger partial charge on any atom is 0.152 e. The zero-order chi connectivity index (χ0) is 13.2. The molecule has 2 aromatic rings. The highest BCUT2D eigenvalue weighted by Crippen LogP contribution is 2.39. The fourth-order valence-corrected chi connectivity index (χ4v) is 2.57. The van der Waals surface area contributed by atoms with Crippen molar-refractivity contribution in [1.82, 2.24) is 4.98 Å². The molecule has 2 nitrogen and oxygen atoms in total. The minimum atomic E-state index is 0.498. The fourth-order valence-electron chi connectivity index (χ4n) is 2.07. The molecule has 0 bridgehead atoms. The molecule has 0 spiro atoms. The zero-order valence-corrected chi connectivity index (χ0v) is 12.7. The summed E-state index contributed by atoms with van der Waals surface area (Å²) in [5.74, 6) is 0.811. The van der Waals surface area contributed by atoms with Crippen molar-refractivity contribution < 1.29 is 0 Å². The number of rotatable bonds is 4. The van der Waals surface area contributed by atoms with Crippen LogP contribution < -0.4 is 5.32 Å². The average Bonchev–Trinajstić information content (AvgIpc) is 3.25. The second-order valence-electron chi connectivity index (χ2n) is 4.86. The molecule has 1 aliphatic carbocycles. The molecule has 98 valence electrons. The normalized spacial score (nSPS) is 14.4. The Bertz CT molecular complexity index is 579. The predicted molar refractivity (Wildman–Crippen MR) is 82.7 cm³/mol. The van der Waals surface area contributed by atoms with Crippen LogP contribution in [0.25, 0.3) is 0 Å². The Hall–Kier alpha value is -1.06. The lowest BCUT2D eigenvalue weighted by Crippen LogP contribution is -2.00. The van der Waals surface area contributed by atoms with E-state index in [4.69, 9.17) is 11.6 Å². The van der Waals surface area contributed by atoms with Gasteiger partial charge < -0.3 is 5.32 Å². The first-order valence-corrected chi connectivity index (χ1v) is 7.53. The highest BCUT2D eigenvalue weighted by atomic mass is 79.9. The minimum absolute atomic E-state index is 0.498. The van der Waals surface area contributed by atoms with Gasteiger partial charge in [-0.3, -0.25) is 0 Å². The number of aromatic nitrogens is 1. The monoisotopic (exact) mass is 336 g/mol. The Balaban J connectivity index is 1.66. The summed E-state index contributed by atoms with van der Waals surface area (Å²) in [6.07, 6.45) is 4.38. The lowest BCUT2D eigenvalue weighted by atomic mass is 10.1. The predicted octanol–water partition coefficient (Wildman–Crippen LogP) is 4.99. The molecule has 0 amide bonds. The smallest absolute Gasteiger partial charge is 0.152 e. The van der Waals surface area contributed by atoms with E-state index in [1.807, 2.05) is 6.07 Å². The largest absolute Gasteiger partial charge is 0.378 e. The van der Waals surface area contributed by atoms with Gasteiger partial charge in [-0.15, -0.1) is 0 Å². The van der Waals surface area contributed by atoms with Crippen LogP contribution in [0.4, 0.5) is 5.69 Å². The molecule has 1 N–H and O–H groups in total. The molecule has 1 aliphatic rings. The fraction of sp³-hybridized carbons (Fsp3) is 0.267. The van der Waals surface area contributed by atoms with Gasteiger partial charge in [0.15, 0.2) is 5.15 Å². The molecule has 0 atom stereocenters. The van der Waals surface area contributed by atoms with Gasteiger partial charge in [0.1, 0.15) is 0 Å². The summed E-state index contributed by atoms with van der Waals surface area (Å²) in [5.41, 5.74) is 3.56. The molecule has 0 aliphatic heterocycles. The van der Waals surface area contributed by atoms with Crippen LogP contribution in [0.1, 0.15) is 29.9 Å². The molecule has 0 unspecified atom stereocenters. The van der Waals surface area contributed by atoms with Gasteiger partial charge in [-0.2, -0.15) is 0 Å². The first kappa shape index (κ1) is 12.9. The van der Waals surface area contributed by atoms with Crippen molar-refractivity contribution in [2.75, 3.05) is 5.32 Å². The van der Waals surface area contributed by atoms with Crippen molar-refractivity contribution in [3.8, 4) is 0 Å². The molecule has 19 heavy (non-hydrogen) atoms. The van der Waals surface area contributed by atoms with Gasteiger partial charge in [-0.1, -0.05) is 35.9 Å². The molecule has 1 heterocycles. The highest BCUT2D eigenvalue weighted by molar-refractivity contribution is 9.10. The van der Waals surface area contributed by atoms with Gasteiger partial charge in [0.05, 0.1) is 5.69 Å². The van der Waals surface area contributed by atoms with Gasteiger partial charge >= 0.3 is 0 Å². The summed E-state index contributed by atoms with van der Waals surface area (Å²) in [4.78, 5) is 4.09. The number of benzene rings is 1. The van der Waals surface area contributed by atoms with E-state index in [2.05, 4.69) is 50.5 Å². The number of nitrogens with zero attached hydrogens (tertiary/aromatic N) is 1. The summed E-state index contributed by atoms with van der Waals surface area (Å²) in [7, 11) is 0. The molecule has 1 saturated carbocycles. The maximum absolute atomic E-state index is 6.04. The zero-order valence-electron chi connectivity index (χ0n) is 10.4. The quantitative estimate of drug-likeness (QED) is 0.795. The van der Waals surface area contributed by atoms with E-state index >= 15 is 0 Å². The number of anilines is 1. The van der Waals surface area contributed by atoms with Crippen LogP contribution >= 0.6 is 27.5 Å². The molecule has 1 fully saturated rings. The second-order valence-corrected chi connectivity index (χ2v) is 6.14. The standard InChI is InChI=1S/C15H14BrClN2/c16-13-7-14(15(17)19-9-13)18-8-10-1-3-11(4-2-10)12-5-6-12/h1-4,7,9,12,18H,5-6,8H2. The minimum Gasteiger partial charge on any atom is -0.378 e. The molecule has 1 aromatic carbocycles. The lowest BCUT2D eigenvalue weighted by molar-refractivity contribution is 1.09. The molecular formula is C15H14BrClN2. The van der Waals surface area contributed by atoms with Crippen molar-refractivity contribution in [2.45, 2.75) is 25.3 Å². The lowest BCUT2D eigenvalue weighted by Gasteiger charge is -2.09. The first-order valence-electron chi connectivity index (χ1n) is 6.36. The molecular weight excluding hydrogens is 324 g/mol. The molecule has 4 heteroatoms. The number of pyridine rings is 1.